The summed E-state index contributed by atoms with van der Waals surface area (Å²) in [6, 6.07) is 18.2. The molecule has 0 spiro atoms. The van der Waals surface area contributed by atoms with Crippen molar-refractivity contribution in [3.05, 3.63) is 83.6 Å². The summed E-state index contributed by atoms with van der Waals surface area (Å²) in [5.74, 6) is 2.42. The number of hydrogen-bond donors (Lipinski definition) is 0. The number of hydrogen-bond acceptors (Lipinski definition) is 4. The largest absolute Gasteiger partial charge is 0.338 e. The summed E-state index contributed by atoms with van der Waals surface area (Å²) in [5.41, 5.74) is 4.44. The second-order valence-electron chi connectivity index (χ2n) is 10.1. The summed E-state index contributed by atoms with van der Waals surface area (Å²) in [6.07, 6.45) is 8.49. The minimum absolute atomic E-state index is 0.0352. The van der Waals surface area contributed by atoms with Crippen molar-refractivity contribution in [2.24, 2.45) is 0 Å². The molecule has 2 aromatic heterocycles. The quantitative estimate of drug-likeness (QED) is 0.403. The molecule has 36 heavy (non-hydrogen) atoms. The number of aromatic nitrogens is 5. The molecule has 6 rings (SSSR count). The van der Waals surface area contributed by atoms with Gasteiger partial charge in [-0.3, -0.25) is 4.79 Å². The van der Waals surface area contributed by atoms with Crippen LogP contribution in [0.5, 0.6) is 0 Å². The van der Waals surface area contributed by atoms with E-state index in [0.29, 0.717) is 12.1 Å². The average molecular weight is 481 g/mol. The Morgan fingerprint density at radius 1 is 0.917 bits per heavy atom. The zero-order valence-electron chi connectivity index (χ0n) is 20.8. The lowest BCUT2D eigenvalue weighted by atomic mass is 9.96. The number of rotatable bonds is 4. The molecule has 0 radical (unpaired) electrons. The van der Waals surface area contributed by atoms with Crippen molar-refractivity contribution in [1.82, 2.24) is 29.4 Å². The van der Waals surface area contributed by atoms with Crippen molar-refractivity contribution in [3.63, 3.8) is 0 Å². The van der Waals surface area contributed by atoms with Crippen molar-refractivity contribution in [2.75, 3.05) is 13.1 Å². The van der Waals surface area contributed by atoms with Crippen LogP contribution in [-0.2, 0) is 13.0 Å². The van der Waals surface area contributed by atoms with E-state index in [-0.39, 0.29) is 11.8 Å². The van der Waals surface area contributed by atoms with Gasteiger partial charge in [-0.2, -0.15) is 5.10 Å². The second kappa shape index (κ2) is 9.72. The van der Waals surface area contributed by atoms with E-state index in [9.17, 15) is 4.79 Å². The van der Waals surface area contributed by atoms with Crippen LogP contribution < -0.4 is 0 Å². The first-order valence-electron chi connectivity index (χ1n) is 13.1. The number of fused-ring (bicyclic) bond motifs is 1. The van der Waals surface area contributed by atoms with Gasteiger partial charge in [0, 0.05) is 43.7 Å². The first-order chi connectivity index (χ1) is 17.7. The van der Waals surface area contributed by atoms with Crippen LogP contribution >= 0.6 is 0 Å². The van der Waals surface area contributed by atoms with Gasteiger partial charge >= 0.3 is 0 Å². The predicted octanol–water partition coefficient (Wildman–Crippen LogP) is 5.19. The lowest BCUT2D eigenvalue weighted by Crippen LogP contribution is -2.40. The van der Waals surface area contributed by atoms with Crippen LogP contribution in [0.25, 0.3) is 16.9 Å². The molecular formula is C29H32N6O. The fraction of sp³-hybridized carbons (Fsp3) is 0.379. The van der Waals surface area contributed by atoms with Gasteiger partial charge in [-0.05, 0) is 44.7 Å². The summed E-state index contributed by atoms with van der Waals surface area (Å²) >= 11 is 0. The highest BCUT2D eigenvalue weighted by atomic mass is 16.2. The fourth-order valence-corrected chi connectivity index (χ4v) is 5.52. The highest BCUT2D eigenvalue weighted by molar-refractivity contribution is 6.00. The summed E-state index contributed by atoms with van der Waals surface area (Å²) in [5, 5.41) is 14.0. The maximum absolute atomic E-state index is 14.0. The molecule has 1 fully saturated rings. The van der Waals surface area contributed by atoms with Crippen LogP contribution in [0.1, 0.15) is 65.6 Å². The first-order valence-corrected chi connectivity index (χ1v) is 13.1. The lowest BCUT2D eigenvalue weighted by Gasteiger charge is -2.32. The Bertz CT molecular complexity index is 1350. The number of nitrogens with zero attached hydrogens (tertiary/aromatic N) is 6. The highest BCUT2D eigenvalue weighted by Crippen LogP contribution is 2.31. The Morgan fingerprint density at radius 2 is 1.75 bits per heavy atom. The van der Waals surface area contributed by atoms with E-state index in [2.05, 4.69) is 33.8 Å². The maximum Gasteiger partial charge on any atom is 0.257 e. The third-order valence-electron chi connectivity index (χ3n) is 7.50. The van der Waals surface area contributed by atoms with E-state index in [1.54, 1.807) is 0 Å². The van der Waals surface area contributed by atoms with E-state index in [1.807, 2.05) is 58.2 Å². The first kappa shape index (κ1) is 22.7. The molecule has 184 valence electrons. The van der Waals surface area contributed by atoms with Gasteiger partial charge in [-0.15, -0.1) is 10.2 Å². The maximum atomic E-state index is 14.0. The van der Waals surface area contributed by atoms with Gasteiger partial charge in [0.1, 0.15) is 17.3 Å². The number of benzene rings is 2. The number of carbonyl (C=O) groups excluding carboxylic acids is 1. The Kier molecular flexibility index (Phi) is 6.13. The van der Waals surface area contributed by atoms with Crippen LogP contribution in [0.2, 0.25) is 0 Å². The van der Waals surface area contributed by atoms with Crippen molar-refractivity contribution >= 4 is 5.91 Å². The predicted molar refractivity (Wildman–Crippen MR) is 139 cm³/mol. The average Bonchev–Trinajstić information content (AvgIpc) is 3.47. The molecule has 4 aromatic rings. The number of para-hydroxylation sites is 1. The van der Waals surface area contributed by atoms with Gasteiger partial charge in [0.25, 0.3) is 5.91 Å². The number of aryl methyl sites for hydroxylation is 2. The van der Waals surface area contributed by atoms with Crippen molar-refractivity contribution < 1.29 is 4.79 Å². The molecule has 2 aromatic carbocycles. The molecule has 0 saturated carbocycles. The molecule has 7 heteroatoms. The van der Waals surface area contributed by atoms with E-state index < -0.39 is 0 Å². The molecule has 1 atom stereocenters. The van der Waals surface area contributed by atoms with Gasteiger partial charge in [-0.25, -0.2) is 4.68 Å². The number of carbonyl (C=O) groups is 1. The van der Waals surface area contributed by atoms with E-state index in [4.69, 9.17) is 5.10 Å². The van der Waals surface area contributed by atoms with Crippen LogP contribution in [0.4, 0.5) is 0 Å². The lowest BCUT2D eigenvalue weighted by molar-refractivity contribution is 0.0704. The fourth-order valence-electron chi connectivity index (χ4n) is 5.52. The topological polar surface area (TPSA) is 68.8 Å². The summed E-state index contributed by atoms with van der Waals surface area (Å²) in [4.78, 5) is 16.0. The molecular weight excluding hydrogens is 448 g/mol. The molecule has 1 amide bonds. The van der Waals surface area contributed by atoms with E-state index in [0.717, 1.165) is 60.9 Å². The molecule has 1 unspecified atom stereocenters. The van der Waals surface area contributed by atoms with Crippen molar-refractivity contribution in [1.29, 1.82) is 0 Å². The molecule has 0 bridgehead atoms. The second-order valence-corrected chi connectivity index (χ2v) is 10.1. The minimum Gasteiger partial charge on any atom is -0.338 e. The van der Waals surface area contributed by atoms with Crippen LogP contribution in [-0.4, -0.2) is 48.4 Å². The molecule has 4 heterocycles. The minimum atomic E-state index is 0.0352. The summed E-state index contributed by atoms with van der Waals surface area (Å²) in [7, 11) is 0. The third-order valence-corrected chi connectivity index (χ3v) is 7.50. The molecule has 2 aliphatic rings. The van der Waals surface area contributed by atoms with Gasteiger partial charge in [0.15, 0.2) is 0 Å². The van der Waals surface area contributed by atoms with Crippen LogP contribution in [0.3, 0.4) is 0 Å². The van der Waals surface area contributed by atoms with Crippen LogP contribution in [0, 0.1) is 6.92 Å². The Balaban J connectivity index is 1.32. The molecule has 0 aliphatic carbocycles. The Morgan fingerprint density at radius 3 is 2.58 bits per heavy atom. The molecule has 7 nitrogen and oxygen atoms in total. The Labute approximate surface area is 211 Å². The van der Waals surface area contributed by atoms with Gasteiger partial charge < -0.3 is 9.47 Å². The summed E-state index contributed by atoms with van der Waals surface area (Å²) in [6.45, 7) is 4.47. The SMILES string of the molecule is Cc1ccc(-c2nn(-c3ccccc3)cc2C(=O)N2CCCC(c3nnc4n3CCCCC4)C2)cc1. The molecule has 2 aliphatic heterocycles. The number of likely N-dealkylation sites (tertiary alicyclic amines) is 1. The zero-order chi connectivity index (χ0) is 24.5. The molecule has 1 saturated heterocycles. The smallest absolute Gasteiger partial charge is 0.257 e. The summed E-state index contributed by atoms with van der Waals surface area (Å²) < 4.78 is 4.15. The Hall–Kier alpha value is -3.74. The normalized spacial score (nSPS) is 18.0. The van der Waals surface area contributed by atoms with E-state index >= 15 is 0 Å². The van der Waals surface area contributed by atoms with Crippen molar-refractivity contribution in [3.8, 4) is 16.9 Å². The standard InChI is InChI=1S/C29H32N6O/c1-21-13-15-22(16-14-21)27-25(20-35(32-27)24-10-4-2-5-11-24)29(36)33-17-8-9-23(19-33)28-31-30-26-12-6-3-7-18-34(26)28/h2,4-5,10-11,13-16,20,23H,3,6-9,12,17-19H2,1H3. The van der Waals surface area contributed by atoms with Crippen molar-refractivity contribution in [2.45, 2.75) is 57.9 Å². The van der Waals surface area contributed by atoms with Crippen LogP contribution in [0.15, 0.2) is 60.8 Å². The van der Waals surface area contributed by atoms with Gasteiger partial charge in [0.05, 0.1) is 11.3 Å². The third kappa shape index (κ3) is 4.34. The highest BCUT2D eigenvalue weighted by Gasteiger charge is 2.32. The number of amides is 1. The van der Waals surface area contributed by atoms with E-state index in [1.165, 1.54) is 24.8 Å². The monoisotopic (exact) mass is 480 g/mol. The van der Waals surface area contributed by atoms with Gasteiger partial charge in [0.2, 0.25) is 0 Å². The number of piperidine rings is 1. The zero-order valence-corrected chi connectivity index (χ0v) is 20.8. The molecule has 0 N–H and O–H groups in total. The van der Waals surface area contributed by atoms with Gasteiger partial charge in [-0.1, -0.05) is 54.4 Å².